The highest BCUT2D eigenvalue weighted by atomic mass is 19.1. The summed E-state index contributed by atoms with van der Waals surface area (Å²) in [5.41, 5.74) is 9.50. The van der Waals surface area contributed by atoms with Crippen molar-refractivity contribution in [2.75, 3.05) is 32.5 Å². The Balaban J connectivity index is 1.17. The van der Waals surface area contributed by atoms with Gasteiger partial charge in [0.15, 0.2) is 11.5 Å². The maximum Gasteiger partial charge on any atom is 0.161 e. The maximum absolute atomic E-state index is 14.7. The van der Waals surface area contributed by atoms with Gasteiger partial charge in [-0.25, -0.2) is 14.4 Å². The Labute approximate surface area is 265 Å². The number of aromatic amines is 2. The molecule has 0 amide bonds. The molecule has 7 aromatic rings. The van der Waals surface area contributed by atoms with E-state index in [0.717, 1.165) is 35.4 Å². The van der Waals surface area contributed by atoms with E-state index in [1.165, 1.54) is 17.7 Å². The maximum atomic E-state index is 14.7. The van der Waals surface area contributed by atoms with Crippen LogP contribution in [0.2, 0.25) is 0 Å². The third-order valence-electron chi connectivity index (χ3n) is 7.71. The van der Waals surface area contributed by atoms with E-state index in [1.807, 2.05) is 62.9 Å². The molecular weight excluding hydrogens is 579 g/mol. The number of fused-ring (bicyclic) bond motifs is 2. The number of benzene rings is 2. The quantitative estimate of drug-likeness (QED) is 0.140. The highest BCUT2D eigenvalue weighted by Crippen LogP contribution is 2.32. The molecule has 0 aliphatic carbocycles. The lowest BCUT2D eigenvalue weighted by Crippen LogP contribution is -2.20. The highest BCUT2D eigenvalue weighted by molar-refractivity contribution is 5.96. The van der Waals surface area contributed by atoms with E-state index >= 15 is 0 Å². The molecule has 5 heterocycles. The molecule has 0 saturated carbocycles. The number of likely N-dealkylation sites (N-methyl/N-ethyl adjacent to an activating group) is 1. The minimum absolute atomic E-state index is 0.335. The fourth-order valence-corrected chi connectivity index (χ4v) is 5.42. The number of nitrogens with one attached hydrogen (secondary N) is 4. The normalized spacial score (nSPS) is 11.6. The first-order chi connectivity index (χ1) is 22.5. The van der Waals surface area contributed by atoms with Gasteiger partial charge in [-0.1, -0.05) is 30.3 Å². The summed E-state index contributed by atoms with van der Waals surface area (Å²) in [5.74, 6) is 0.205. The molecule has 0 radical (unpaired) electrons. The molecular formula is C35H33FN10. The van der Waals surface area contributed by atoms with Gasteiger partial charge >= 0.3 is 0 Å². The molecule has 0 bridgehead atoms. The third-order valence-corrected chi connectivity index (χ3v) is 7.71. The van der Waals surface area contributed by atoms with Crippen molar-refractivity contribution in [1.82, 2.24) is 45.3 Å². The highest BCUT2D eigenvalue weighted by Gasteiger charge is 2.18. The van der Waals surface area contributed by atoms with Gasteiger partial charge in [-0.05, 0) is 67.2 Å². The Kier molecular flexibility index (Phi) is 8.15. The molecule has 4 N–H and O–H groups in total. The summed E-state index contributed by atoms with van der Waals surface area (Å²) in [6, 6.07) is 21.2. The topological polar surface area (TPSA) is 123 Å². The largest absolute Gasteiger partial charge is 0.384 e. The van der Waals surface area contributed by atoms with E-state index in [0.29, 0.717) is 58.0 Å². The molecule has 0 saturated heterocycles. The van der Waals surface area contributed by atoms with Gasteiger partial charge in [-0.3, -0.25) is 15.1 Å². The Morgan fingerprint density at radius 1 is 0.783 bits per heavy atom. The van der Waals surface area contributed by atoms with Gasteiger partial charge in [-0.15, -0.1) is 0 Å². The summed E-state index contributed by atoms with van der Waals surface area (Å²) in [5, 5.41) is 14.4. The van der Waals surface area contributed by atoms with Crippen LogP contribution >= 0.6 is 0 Å². The van der Waals surface area contributed by atoms with Gasteiger partial charge < -0.3 is 20.5 Å². The van der Waals surface area contributed by atoms with Crippen molar-refractivity contribution in [1.29, 1.82) is 0 Å². The standard InChI is InChI=1S/C35H33FN10/c1-46(2)11-10-40-27-14-24(13-26(36)15-27)28-20-39-21-31-32(28)43-35(42-31)34-33-30(44-45-34)9-8-29(41-33)25-12-23(18-38-19-25)17-37-16-22-6-4-3-5-7-22/h3-9,12-15,18-21,37,40H,10-11,16-17H2,1-2H3,(H,42,43)(H,44,45). The number of aromatic nitrogens is 7. The summed E-state index contributed by atoms with van der Waals surface area (Å²) < 4.78 is 14.7. The molecule has 5 aromatic heterocycles. The van der Waals surface area contributed by atoms with Crippen molar-refractivity contribution in [3.05, 3.63) is 108 Å². The van der Waals surface area contributed by atoms with E-state index in [1.54, 1.807) is 12.4 Å². The average Bonchev–Trinajstić information content (AvgIpc) is 3.69. The molecule has 0 fully saturated rings. The van der Waals surface area contributed by atoms with Gasteiger partial charge in [-0.2, -0.15) is 5.10 Å². The molecule has 11 heteroatoms. The van der Waals surface area contributed by atoms with E-state index in [4.69, 9.17) is 9.97 Å². The number of imidazole rings is 1. The number of halogens is 1. The number of anilines is 1. The van der Waals surface area contributed by atoms with Crippen LogP contribution in [0.25, 0.3) is 56.0 Å². The number of H-pyrrole nitrogens is 2. The Hall–Kier alpha value is -5.52. The van der Waals surface area contributed by atoms with E-state index in [9.17, 15) is 4.39 Å². The lowest BCUT2D eigenvalue weighted by Gasteiger charge is -2.12. The van der Waals surface area contributed by atoms with Crippen LogP contribution in [-0.4, -0.2) is 67.2 Å². The smallest absolute Gasteiger partial charge is 0.161 e. The number of pyridine rings is 3. The monoisotopic (exact) mass is 612 g/mol. The summed E-state index contributed by atoms with van der Waals surface area (Å²) >= 11 is 0. The van der Waals surface area contributed by atoms with Crippen LogP contribution in [0.1, 0.15) is 11.1 Å². The predicted molar refractivity (Wildman–Crippen MR) is 179 cm³/mol. The molecule has 0 unspecified atom stereocenters. The van der Waals surface area contributed by atoms with Crippen LogP contribution in [0.5, 0.6) is 0 Å². The fourth-order valence-electron chi connectivity index (χ4n) is 5.42. The molecule has 0 aliphatic heterocycles. The zero-order chi connectivity index (χ0) is 31.5. The van der Waals surface area contributed by atoms with Crippen LogP contribution in [0, 0.1) is 5.82 Å². The van der Waals surface area contributed by atoms with Crippen LogP contribution in [0.4, 0.5) is 10.1 Å². The second-order valence-corrected chi connectivity index (χ2v) is 11.5. The minimum atomic E-state index is -0.335. The predicted octanol–water partition coefficient (Wildman–Crippen LogP) is 6.03. The lowest BCUT2D eigenvalue weighted by molar-refractivity contribution is 0.425. The number of nitrogens with zero attached hydrogens (tertiary/aromatic N) is 6. The molecule has 0 atom stereocenters. The molecule has 7 rings (SSSR count). The Morgan fingerprint density at radius 3 is 2.50 bits per heavy atom. The fraction of sp³-hybridized carbons (Fsp3) is 0.171. The summed E-state index contributed by atoms with van der Waals surface area (Å²) in [4.78, 5) is 24.2. The minimum Gasteiger partial charge on any atom is -0.384 e. The SMILES string of the molecule is CN(C)CCNc1cc(F)cc(-c2cncc3[nH]c(-c4n[nH]c5ccc(-c6cncc(CNCc7ccccc7)c6)nc45)nc23)c1. The number of hydrogen-bond acceptors (Lipinski definition) is 8. The van der Waals surface area contributed by atoms with Crippen LogP contribution in [0.15, 0.2) is 91.5 Å². The third kappa shape index (κ3) is 6.32. The first kappa shape index (κ1) is 29.2. The van der Waals surface area contributed by atoms with Crippen molar-refractivity contribution in [3.8, 4) is 33.9 Å². The summed E-state index contributed by atoms with van der Waals surface area (Å²) in [6.07, 6.45) is 7.10. The van der Waals surface area contributed by atoms with E-state index in [-0.39, 0.29) is 5.82 Å². The van der Waals surface area contributed by atoms with Crippen molar-refractivity contribution >= 4 is 27.8 Å². The van der Waals surface area contributed by atoms with E-state index in [2.05, 4.69) is 58.9 Å². The van der Waals surface area contributed by atoms with Gasteiger partial charge in [0.05, 0.1) is 28.4 Å². The molecule has 0 aliphatic rings. The zero-order valence-corrected chi connectivity index (χ0v) is 25.5. The number of rotatable bonds is 11. The first-order valence-electron chi connectivity index (χ1n) is 15.1. The van der Waals surface area contributed by atoms with E-state index < -0.39 is 0 Å². The van der Waals surface area contributed by atoms with Crippen molar-refractivity contribution in [3.63, 3.8) is 0 Å². The van der Waals surface area contributed by atoms with Crippen LogP contribution in [-0.2, 0) is 13.1 Å². The van der Waals surface area contributed by atoms with Crippen molar-refractivity contribution in [2.24, 2.45) is 0 Å². The Morgan fingerprint density at radius 2 is 1.63 bits per heavy atom. The second-order valence-electron chi connectivity index (χ2n) is 11.5. The molecule has 10 nitrogen and oxygen atoms in total. The molecule has 0 spiro atoms. The Bertz CT molecular complexity index is 2120. The van der Waals surface area contributed by atoms with Crippen LogP contribution in [0.3, 0.4) is 0 Å². The van der Waals surface area contributed by atoms with Crippen molar-refractivity contribution in [2.45, 2.75) is 13.1 Å². The summed E-state index contributed by atoms with van der Waals surface area (Å²) in [7, 11) is 4.00. The van der Waals surface area contributed by atoms with Gasteiger partial charge in [0.25, 0.3) is 0 Å². The second kappa shape index (κ2) is 12.8. The average molecular weight is 613 g/mol. The van der Waals surface area contributed by atoms with Gasteiger partial charge in [0, 0.05) is 61.6 Å². The molecule has 46 heavy (non-hydrogen) atoms. The van der Waals surface area contributed by atoms with Crippen LogP contribution < -0.4 is 10.6 Å². The summed E-state index contributed by atoms with van der Waals surface area (Å²) in [6.45, 7) is 2.98. The van der Waals surface area contributed by atoms with Gasteiger partial charge in [0.1, 0.15) is 11.3 Å². The number of hydrogen-bond donors (Lipinski definition) is 4. The van der Waals surface area contributed by atoms with Gasteiger partial charge in [0.2, 0.25) is 0 Å². The first-order valence-corrected chi connectivity index (χ1v) is 15.1. The molecule has 230 valence electrons. The zero-order valence-electron chi connectivity index (χ0n) is 25.5. The molecule has 2 aromatic carbocycles. The lowest BCUT2D eigenvalue weighted by atomic mass is 10.1. The van der Waals surface area contributed by atoms with Crippen molar-refractivity contribution < 1.29 is 4.39 Å².